The van der Waals surface area contributed by atoms with Crippen molar-refractivity contribution >= 4 is 25.0 Å². The molecule has 0 aliphatic carbocycles. The van der Waals surface area contributed by atoms with Gasteiger partial charge in [-0.2, -0.15) is 0 Å². The molecule has 1 aromatic heterocycles. The highest BCUT2D eigenvalue weighted by Crippen LogP contribution is 2.38. The highest BCUT2D eigenvalue weighted by molar-refractivity contribution is 6.74. The number of aromatic nitrogens is 1. The van der Waals surface area contributed by atoms with E-state index in [0.29, 0.717) is 16.7 Å². The van der Waals surface area contributed by atoms with Gasteiger partial charge >= 0.3 is 0 Å². The molecule has 0 aliphatic rings. The first-order chi connectivity index (χ1) is 10.4. The molecule has 0 spiro atoms. The lowest BCUT2D eigenvalue weighted by Crippen LogP contribution is -2.43. The molecule has 0 atom stereocenters. The van der Waals surface area contributed by atoms with Crippen molar-refractivity contribution in [1.29, 1.82) is 0 Å². The standard InChI is InChI=1S/C17H23NO4Si/c1-10(19)14-15(20)12-9-11(7-8-13(12)18-16(14)21)22-23(5,6)17(2,3)4/h7-9H,1-6H3,(H2,18,20,21). The third-order valence-corrected chi connectivity index (χ3v) is 8.85. The van der Waals surface area contributed by atoms with Crippen LogP contribution in [0.5, 0.6) is 11.5 Å². The van der Waals surface area contributed by atoms with Gasteiger partial charge in [-0.15, -0.1) is 0 Å². The second-order valence-corrected chi connectivity index (χ2v) is 12.0. The Bertz CT molecular complexity index is 831. The van der Waals surface area contributed by atoms with Crippen molar-refractivity contribution in [2.24, 2.45) is 0 Å². The van der Waals surface area contributed by atoms with Crippen LogP contribution >= 0.6 is 0 Å². The minimum atomic E-state index is -2.02. The maximum atomic E-state index is 11.9. The summed E-state index contributed by atoms with van der Waals surface area (Å²) in [6.07, 6.45) is 0. The molecule has 5 nitrogen and oxygen atoms in total. The number of hydrogen-bond donors (Lipinski definition) is 2. The van der Waals surface area contributed by atoms with Gasteiger partial charge in [-0.25, -0.2) is 0 Å². The number of ketones is 1. The van der Waals surface area contributed by atoms with Crippen LogP contribution in [-0.4, -0.2) is 24.2 Å². The molecule has 0 fully saturated rings. The molecular formula is C17H23NO4Si. The van der Waals surface area contributed by atoms with Crippen molar-refractivity contribution in [1.82, 2.24) is 4.98 Å². The van der Waals surface area contributed by atoms with Gasteiger partial charge in [0.1, 0.15) is 17.1 Å². The van der Waals surface area contributed by atoms with E-state index >= 15 is 0 Å². The molecule has 0 amide bonds. The Morgan fingerprint density at radius 2 is 1.87 bits per heavy atom. The first kappa shape index (κ1) is 17.3. The number of pyridine rings is 1. The fraction of sp³-hybridized carbons (Fsp3) is 0.412. The molecule has 2 N–H and O–H groups in total. The van der Waals surface area contributed by atoms with Crippen molar-refractivity contribution in [3.05, 3.63) is 34.1 Å². The van der Waals surface area contributed by atoms with Crippen LogP contribution in [0.2, 0.25) is 18.1 Å². The van der Waals surface area contributed by atoms with Crippen LogP contribution < -0.4 is 9.99 Å². The van der Waals surface area contributed by atoms with Crippen LogP contribution in [-0.2, 0) is 0 Å². The number of benzene rings is 1. The van der Waals surface area contributed by atoms with Crippen molar-refractivity contribution in [2.45, 2.75) is 45.8 Å². The van der Waals surface area contributed by atoms with Crippen molar-refractivity contribution in [2.75, 3.05) is 0 Å². The van der Waals surface area contributed by atoms with Crippen LogP contribution in [0.4, 0.5) is 0 Å². The lowest BCUT2D eigenvalue weighted by Gasteiger charge is -2.36. The Kier molecular flexibility index (Phi) is 4.15. The van der Waals surface area contributed by atoms with Gasteiger partial charge in [0.25, 0.3) is 5.56 Å². The summed E-state index contributed by atoms with van der Waals surface area (Å²) in [6.45, 7) is 11.9. The second kappa shape index (κ2) is 5.52. The van der Waals surface area contributed by atoms with Gasteiger partial charge in [0.05, 0.1) is 5.52 Å². The summed E-state index contributed by atoms with van der Waals surface area (Å²) in [4.78, 5) is 26.1. The van der Waals surface area contributed by atoms with E-state index in [9.17, 15) is 14.7 Å². The van der Waals surface area contributed by atoms with Gasteiger partial charge in [-0.3, -0.25) is 9.59 Å². The summed E-state index contributed by atoms with van der Waals surface area (Å²) >= 11 is 0. The molecule has 124 valence electrons. The number of nitrogens with one attached hydrogen (secondary N) is 1. The largest absolute Gasteiger partial charge is 0.543 e. The van der Waals surface area contributed by atoms with Crippen LogP contribution in [0.25, 0.3) is 10.9 Å². The molecule has 2 rings (SSSR count). The highest BCUT2D eigenvalue weighted by Gasteiger charge is 2.39. The van der Waals surface area contributed by atoms with Gasteiger partial charge < -0.3 is 14.5 Å². The topological polar surface area (TPSA) is 79.4 Å². The average molecular weight is 333 g/mol. The maximum Gasteiger partial charge on any atom is 0.263 e. The maximum absolute atomic E-state index is 11.9. The van der Waals surface area contributed by atoms with Crippen LogP contribution in [0, 0.1) is 0 Å². The molecule has 1 heterocycles. The fourth-order valence-corrected chi connectivity index (χ4v) is 3.12. The Morgan fingerprint density at radius 3 is 2.39 bits per heavy atom. The smallest absolute Gasteiger partial charge is 0.263 e. The van der Waals surface area contributed by atoms with Crippen LogP contribution in [0.3, 0.4) is 0 Å². The van der Waals surface area contributed by atoms with E-state index in [1.165, 1.54) is 6.92 Å². The lowest BCUT2D eigenvalue weighted by molar-refractivity contribution is 0.101. The summed E-state index contributed by atoms with van der Waals surface area (Å²) in [5.74, 6) is -0.140. The molecule has 0 bridgehead atoms. The van der Waals surface area contributed by atoms with Crippen molar-refractivity contribution in [3.63, 3.8) is 0 Å². The van der Waals surface area contributed by atoms with Gasteiger partial charge in [0.15, 0.2) is 5.78 Å². The van der Waals surface area contributed by atoms with Gasteiger partial charge in [-0.05, 0) is 43.3 Å². The van der Waals surface area contributed by atoms with Gasteiger partial charge in [0.2, 0.25) is 8.32 Å². The molecule has 0 radical (unpaired) electrons. The Balaban J connectivity index is 2.59. The molecule has 0 unspecified atom stereocenters. The lowest BCUT2D eigenvalue weighted by atomic mass is 10.1. The number of carbonyl (C=O) groups excluding carboxylic acids is 1. The zero-order chi connectivity index (χ0) is 17.6. The Hall–Kier alpha value is -2.08. The number of Topliss-reactive ketones (excluding diaryl/α,β-unsaturated/α-hetero) is 1. The van der Waals surface area contributed by atoms with E-state index in [0.717, 1.165) is 0 Å². The number of hydrogen-bond acceptors (Lipinski definition) is 4. The monoisotopic (exact) mass is 333 g/mol. The first-order valence-corrected chi connectivity index (χ1v) is 10.4. The molecule has 0 saturated heterocycles. The SMILES string of the molecule is CC(=O)c1c(O)c2cc(O[Si](C)(C)C(C)(C)C)ccc2[nH]c1=O. The normalized spacial score (nSPS) is 12.4. The fourth-order valence-electron chi connectivity index (χ4n) is 2.09. The zero-order valence-electron chi connectivity index (χ0n) is 14.4. The minimum absolute atomic E-state index is 0.0412. The van der Waals surface area contributed by atoms with E-state index in [2.05, 4.69) is 38.8 Å². The third-order valence-electron chi connectivity index (χ3n) is 4.49. The summed E-state index contributed by atoms with van der Waals surface area (Å²) in [5.41, 5.74) is -0.331. The van der Waals surface area contributed by atoms with E-state index in [1.807, 2.05) is 0 Å². The second-order valence-electron chi connectivity index (χ2n) is 7.30. The molecule has 0 aliphatic heterocycles. The number of aromatic hydroxyl groups is 1. The zero-order valence-corrected chi connectivity index (χ0v) is 15.4. The van der Waals surface area contributed by atoms with Gasteiger partial charge in [-0.1, -0.05) is 20.8 Å². The minimum Gasteiger partial charge on any atom is -0.543 e. The predicted molar refractivity (Wildman–Crippen MR) is 94.1 cm³/mol. The Labute approximate surface area is 136 Å². The van der Waals surface area contributed by atoms with E-state index in [4.69, 9.17) is 4.43 Å². The molecule has 1 aromatic carbocycles. The number of rotatable bonds is 3. The predicted octanol–water partition coefficient (Wildman–Crippen LogP) is 3.82. The van der Waals surface area contributed by atoms with Crippen molar-refractivity contribution < 1.29 is 14.3 Å². The molecule has 0 saturated carbocycles. The highest BCUT2D eigenvalue weighted by atomic mass is 28.4. The summed E-state index contributed by atoms with van der Waals surface area (Å²) in [6, 6.07) is 5.13. The number of aromatic amines is 1. The van der Waals surface area contributed by atoms with Crippen LogP contribution in [0.15, 0.2) is 23.0 Å². The summed E-state index contributed by atoms with van der Waals surface area (Å²) < 4.78 is 6.21. The number of carbonyl (C=O) groups is 1. The molecule has 2 aromatic rings. The molecule has 6 heteroatoms. The Morgan fingerprint density at radius 1 is 1.26 bits per heavy atom. The number of fused-ring (bicyclic) bond motifs is 1. The molecule has 23 heavy (non-hydrogen) atoms. The third kappa shape index (κ3) is 3.17. The number of H-pyrrole nitrogens is 1. The van der Waals surface area contributed by atoms with E-state index in [1.54, 1.807) is 18.2 Å². The van der Waals surface area contributed by atoms with E-state index in [-0.39, 0.29) is 16.4 Å². The summed E-state index contributed by atoms with van der Waals surface area (Å²) in [5, 5.41) is 10.7. The van der Waals surface area contributed by atoms with Crippen molar-refractivity contribution in [3.8, 4) is 11.5 Å². The quantitative estimate of drug-likeness (QED) is 0.661. The first-order valence-electron chi connectivity index (χ1n) is 7.53. The van der Waals surface area contributed by atoms with Gasteiger partial charge in [0, 0.05) is 5.39 Å². The average Bonchev–Trinajstić information content (AvgIpc) is 2.37. The summed E-state index contributed by atoms with van der Waals surface area (Å²) in [7, 11) is -2.02. The van der Waals surface area contributed by atoms with E-state index < -0.39 is 19.7 Å². The molecular weight excluding hydrogens is 310 g/mol. The van der Waals surface area contributed by atoms with Crippen LogP contribution in [0.1, 0.15) is 38.1 Å².